The van der Waals surface area contributed by atoms with Crippen molar-refractivity contribution in [3.8, 4) is 5.75 Å². The highest BCUT2D eigenvalue weighted by molar-refractivity contribution is 6.32. The summed E-state index contributed by atoms with van der Waals surface area (Å²) in [5.74, 6) is -0.322. The first kappa shape index (κ1) is 13.4. The lowest BCUT2D eigenvalue weighted by atomic mass is 10.3. The summed E-state index contributed by atoms with van der Waals surface area (Å²) in [6.45, 7) is 2.88. The Labute approximate surface area is 105 Å². The summed E-state index contributed by atoms with van der Waals surface area (Å²) < 4.78 is 5.30. The van der Waals surface area contributed by atoms with Crippen molar-refractivity contribution in [2.75, 3.05) is 18.5 Å². The molecule has 0 bridgehead atoms. The highest BCUT2D eigenvalue weighted by Gasteiger charge is 2.01. The van der Waals surface area contributed by atoms with E-state index in [4.69, 9.17) is 21.4 Å². The Morgan fingerprint density at radius 2 is 2.35 bits per heavy atom. The molecule has 1 aromatic rings. The third-order valence-corrected chi connectivity index (χ3v) is 2.21. The molecule has 0 atom stereocenters. The first-order valence-electron chi connectivity index (χ1n) is 5.19. The fraction of sp³-hybridized carbons (Fsp3) is 0.250. The van der Waals surface area contributed by atoms with Crippen LogP contribution in [0.25, 0.3) is 0 Å². The summed E-state index contributed by atoms with van der Waals surface area (Å²) in [5.41, 5.74) is 0.813. The summed E-state index contributed by atoms with van der Waals surface area (Å²) in [7, 11) is 0. The SMILES string of the molecule is CCOc1ccc(NC/C=C/C(=O)O)cc1Cl. The van der Waals surface area contributed by atoms with E-state index in [-0.39, 0.29) is 0 Å². The second-order valence-electron chi connectivity index (χ2n) is 3.20. The fourth-order valence-corrected chi connectivity index (χ4v) is 1.45. The van der Waals surface area contributed by atoms with Crippen LogP contribution in [0, 0.1) is 0 Å². The average Bonchev–Trinajstić information content (AvgIpc) is 2.28. The normalized spacial score (nSPS) is 10.5. The molecule has 0 saturated carbocycles. The van der Waals surface area contributed by atoms with Crippen LogP contribution in [0.2, 0.25) is 5.02 Å². The third-order valence-electron chi connectivity index (χ3n) is 1.92. The maximum absolute atomic E-state index is 10.2. The van der Waals surface area contributed by atoms with Gasteiger partial charge in [0.05, 0.1) is 11.6 Å². The first-order valence-corrected chi connectivity index (χ1v) is 5.57. The summed E-state index contributed by atoms with van der Waals surface area (Å²) in [6, 6.07) is 5.34. The molecule has 92 valence electrons. The van der Waals surface area contributed by atoms with Gasteiger partial charge in [0.25, 0.3) is 0 Å². The second kappa shape index (κ2) is 6.81. The Balaban J connectivity index is 2.55. The molecular formula is C12H14ClNO3. The van der Waals surface area contributed by atoms with Gasteiger partial charge in [-0.05, 0) is 25.1 Å². The predicted molar refractivity (Wildman–Crippen MR) is 67.9 cm³/mol. The van der Waals surface area contributed by atoms with Crippen molar-refractivity contribution in [1.82, 2.24) is 0 Å². The number of halogens is 1. The highest BCUT2D eigenvalue weighted by Crippen LogP contribution is 2.27. The van der Waals surface area contributed by atoms with Gasteiger partial charge >= 0.3 is 5.97 Å². The molecule has 0 fully saturated rings. The van der Waals surface area contributed by atoms with E-state index in [0.29, 0.717) is 23.9 Å². The van der Waals surface area contributed by atoms with Crippen LogP contribution in [0.4, 0.5) is 5.69 Å². The Morgan fingerprint density at radius 3 is 2.94 bits per heavy atom. The van der Waals surface area contributed by atoms with Gasteiger partial charge in [-0.2, -0.15) is 0 Å². The number of anilines is 1. The number of benzene rings is 1. The zero-order chi connectivity index (χ0) is 12.7. The van der Waals surface area contributed by atoms with E-state index >= 15 is 0 Å². The minimum absolute atomic E-state index is 0.427. The van der Waals surface area contributed by atoms with Crippen molar-refractivity contribution < 1.29 is 14.6 Å². The van der Waals surface area contributed by atoms with Crippen LogP contribution in [0.1, 0.15) is 6.92 Å². The maximum atomic E-state index is 10.2. The molecule has 5 heteroatoms. The average molecular weight is 256 g/mol. The standard InChI is InChI=1S/C12H14ClNO3/c1-2-17-11-6-5-9(8-10(11)13)14-7-3-4-12(15)16/h3-6,8,14H,2,7H2,1H3,(H,15,16)/b4-3+. The number of aliphatic carboxylic acids is 1. The number of hydrogen-bond acceptors (Lipinski definition) is 3. The Hall–Kier alpha value is -1.68. The number of nitrogens with one attached hydrogen (secondary N) is 1. The Morgan fingerprint density at radius 1 is 1.59 bits per heavy atom. The Kier molecular flexibility index (Phi) is 5.36. The van der Waals surface area contributed by atoms with Crippen molar-refractivity contribution in [3.63, 3.8) is 0 Å². The zero-order valence-corrected chi connectivity index (χ0v) is 10.2. The van der Waals surface area contributed by atoms with Gasteiger partial charge in [-0.25, -0.2) is 4.79 Å². The summed E-state index contributed by atoms with van der Waals surface area (Å²) >= 11 is 5.99. The molecule has 1 rings (SSSR count). The molecule has 0 aromatic heterocycles. The van der Waals surface area contributed by atoms with Crippen molar-refractivity contribution in [2.24, 2.45) is 0 Å². The van der Waals surface area contributed by atoms with E-state index in [1.165, 1.54) is 6.08 Å². The molecule has 1 aromatic carbocycles. The van der Waals surface area contributed by atoms with Crippen molar-refractivity contribution in [1.29, 1.82) is 0 Å². The van der Waals surface area contributed by atoms with Gasteiger partial charge in [-0.15, -0.1) is 0 Å². The molecule has 2 N–H and O–H groups in total. The fourth-order valence-electron chi connectivity index (χ4n) is 1.22. The van der Waals surface area contributed by atoms with E-state index in [9.17, 15) is 4.79 Å². The van der Waals surface area contributed by atoms with Gasteiger partial charge in [-0.1, -0.05) is 17.7 Å². The predicted octanol–water partition coefficient (Wildman–Crippen LogP) is 2.79. The van der Waals surface area contributed by atoms with Crippen LogP contribution in [-0.4, -0.2) is 24.2 Å². The van der Waals surface area contributed by atoms with Crippen LogP contribution < -0.4 is 10.1 Å². The lowest BCUT2D eigenvalue weighted by molar-refractivity contribution is -0.131. The highest BCUT2D eigenvalue weighted by atomic mass is 35.5. The summed E-state index contributed by atoms with van der Waals surface area (Å²) in [4.78, 5) is 10.2. The third kappa shape index (κ3) is 4.78. The van der Waals surface area contributed by atoms with Crippen LogP contribution in [-0.2, 0) is 4.79 Å². The van der Waals surface area contributed by atoms with E-state index in [1.807, 2.05) is 13.0 Å². The van der Waals surface area contributed by atoms with Gasteiger partial charge in [-0.3, -0.25) is 0 Å². The summed E-state index contributed by atoms with van der Waals surface area (Å²) in [5, 5.41) is 11.9. The molecule has 0 unspecified atom stereocenters. The molecular weight excluding hydrogens is 242 g/mol. The van der Waals surface area contributed by atoms with E-state index in [2.05, 4.69) is 5.32 Å². The number of carboxylic acid groups (broad SMARTS) is 1. The molecule has 0 radical (unpaired) electrons. The largest absolute Gasteiger partial charge is 0.492 e. The number of hydrogen-bond donors (Lipinski definition) is 2. The van der Waals surface area contributed by atoms with Crippen LogP contribution in [0.5, 0.6) is 5.75 Å². The molecule has 0 saturated heterocycles. The topological polar surface area (TPSA) is 58.6 Å². The number of rotatable bonds is 6. The van der Waals surface area contributed by atoms with Gasteiger partial charge in [0.2, 0.25) is 0 Å². The number of carbonyl (C=O) groups is 1. The molecule has 17 heavy (non-hydrogen) atoms. The van der Waals surface area contributed by atoms with E-state index < -0.39 is 5.97 Å². The van der Waals surface area contributed by atoms with Crippen LogP contribution >= 0.6 is 11.6 Å². The van der Waals surface area contributed by atoms with Crippen molar-refractivity contribution in [3.05, 3.63) is 35.4 Å². The maximum Gasteiger partial charge on any atom is 0.328 e. The molecule has 0 heterocycles. The van der Waals surface area contributed by atoms with Crippen molar-refractivity contribution in [2.45, 2.75) is 6.92 Å². The zero-order valence-electron chi connectivity index (χ0n) is 9.44. The first-order chi connectivity index (χ1) is 8.13. The molecule has 0 amide bonds. The van der Waals surface area contributed by atoms with Gasteiger partial charge in [0.1, 0.15) is 5.75 Å². The minimum atomic E-state index is -0.962. The molecule has 0 aliphatic carbocycles. The van der Waals surface area contributed by atoms with Gasteiger partial charge in [0.15, 0.2) is 0 Å². The molecule has 0 aliphatic heterocycles. The number of ether oxygens (including phenoxy) is 1. The monoisotopic (exact) mass is 255 g/mol. The van der Waals surface area contributed by atoms with E-state index in [1.54, 1.807) is 12.1 Å². The second-order valence-corrected chi connectivity index (χ2v) is 3.61. The van der Waals surface area contributed by atoms with Gasteiger partial charge < -0.3 is 15.2 Å². The van der Waals surface area contributed by atoms with Gasteiger partial charge in [0, 0.05) is 18.3 Å². The lowest BCUT2D eigenvalue weighted by Crippen LogP contribution is -2.00. The van der Waals surface area contributed by atoms with Crippen LogP contribution in [0.3, 0.4) is 0 Å². The van der Waals surface area contributed by atoms with E-state index in [0.717, 1.165) is 11.8 Å². The van der Waals surface area contributed by atoms with Crippen molar-refractivity contribution >= 4 is 23.3 Å². The minimum Gasteiger partial charge on any atom is -0.492 e. The Bertz CT molecular complexity index is 418. The smallest absolute Gasteiger partial charge is 0.328 e. The molecule has 0 aliphatic rings. The molecule has 4 nitrogen and oxygen atoms in total. The molecule has 0 spiro atoms. The number of carboxylic acids is 1. The lowest BCUT2D eigenvalue weighted by Gasteiger charge is -2.08. The quantitative estimate of drug-likeness (QED) is 0.768. The van der Waals surface area contributed by atoms with Crippen LogP contribution in [0.15, 0.2) is 30.4 Å². The summed E-state index contributed by atoms with van der Waals surface area (Å²) in [6.07, 6.45) is 2.61.